The van der Waals surface area contributed by atoms with E-state index in [0.717, 1.165) is 5.56 Å². The van der Waals surface area contributed by atoms with Crippen molar-refractivity contribution in [3.05, 3.63) is 48.0 Å². The summed E-state index contributed by atoms with van der Waals surface area (Å²) in [5.41, 5.74) is 1.01. The van der Waals surface area contributed by atoms with Crippen LogP contribution in [-0.4, -0.2) is 52.5 Å². The molecule has 0 heterocycles. The molecule has 0 aliphatic heterocycles. The Bertz CT molecular complexity index is 1110. The highest BCUT2D eigenvalue weighted by atomic mass is 32.2. The van der Waals surface area contributed by atoms with Crippen molar-refractivity contribution in [3.8, 4) is 17.2 Å². The molecule has 0 atom stereocenters. The Labute approximate surface area is 202 Å². The zero-order valence-electron chi connectivity index (χ0n) is 20.6. The Morgan fingerprint density at radius 2 is 1.65 bits per heavy atom. The Kier molecular flexibility index (Phi) is 9.95. The second kappa shape index (κ2) is 12.4. The van der Waals surface area contributed by atoms with Crippen LogP contribution < -0.4 is 19.5 Å². The highest BCUT2D eigenvalue weighted by Crippen LogP contribution is 2.30. The van der Waals surface area contributed by atoms with Crippen LogP contribution in [0.1, 0.15) is 33.3 Å². The summed E-state index contributed by atoms with van der Waals surface area (Å²) in [6.45, 7) is 8.93. The lowest BCUT2D eigenvalue weighted by molar-refractivity contribution is -0.111. The van der Waals surface area contributed by atoms with Gasteiger partial charge in [0, 0.05) is 19.2 Å². The van der Waals surface area contributed by atoms with Gasteiger partial charge in [0.25, 0.3) is 0 Å². The highest BCUT2D eigenvalue weighted by Gasteiger charge is 2.23. The molecule has 8 nitrogen and oxygen atoms in total. The minimum atomic E-state index is -3.68. The summed E-state index contributed by atoms with van der Waals surface area (Å²) in [5, 5.41) is 2.70. The average Bonchev–Trinajstić information content (AvgIpc) is 2.82. The molecule has 2 aromatic carbocycles. The van der Waals surface area contributed by atoms with Gasteiger partial charge in [-0.25, -0.2) is 8.42 Å². The molecule has 0 aromatic heterocycles. The predicted molar refractivity (Wildman–Crippen MR) is 134 cm³/mol. The highest BCUT2D eigenvalue weighted by molar-refractivity contribution is 7.89. The number of ether oxygens (including phenoxy) is 3. The molecule has 9 heteroatoms. The number of nitrogens with zero attached hydrogens (tertiary/aromatic N) is 1. The van der Waals surface area contributed by atoms with Crippen molar-refractivity contribution in [1.29, 1.82) is 0 Å². The fraction of sp³-hybridized carbons (Fsp3) is 0.400. The third-order valence-electron chi connectivity index (χ3n) is 4.96. The summed E-state index contributed by atoms with van der Waals surface area (Å²) in [4.78, 5) is 12.7. The number of rotatable bonds is 12. The molecule has 0 saturated carbocycles. The number of anilines is 1. The molecule has 0 aliphatic rings. The van der Waals surface area contributed by atoms with E-state index < -0.39 is 15.9 Å². The van der Waals surface area contributed by atoms with Crippen LogP contribution >= 0.6 is 0 Å². The van der Waals surface area contributed by atoms with Crippen LogP contribution in [0.5, 0.6) is 17.2 Å². The molecule has 186 valence electrons. The van der Waals surface area contributed by atoms with Crippen LogP contribution in [0.15, 0.2) is 47.4 Å². The van der Waals surface area contributed by atoms with Crippen LogP contribution in [0.2, 0.25) is 0 Å². The largest absolute Gasteiger partial charge is 0.495 e. The number of methoxy groups -OCH3 is 2. The van der Waals surface area contributed by atoms with Crippen molar-refractivity contribution < 1.29 is 27.4 Å². The molecular formula is C25H34N2O6S. The van der Waals surface area contributed by atoms with Gasteiger partial charge in [-0.15, -0.1) is 0 Å². The van der Waals surface area contributed by atoms with Crippen LogP contribution in [0.4, 0.5) is 5.69 Å². The number of benzene rings is 2. The number of carbonyl (C=O) groups excluding carboxylic acids is 1. The van der Waals surface area contributed by atoms with Gasteiger partial charge in [-0.05, 0) is 47.9 Å². The number of sulfonamides is 1. The van der Waals surface area contributed by atoms with Gasteiger partial charge in [-0.1, -0.05) is 33.8 Å². The van der Waals surface area contributed by atoms with E-state index in [1.807, 2.05) is 6.07 Å². The molecule has 0 aliphatic carbocycles. The van der Waals surface area contributed by atoms with Crippen molar-refractivity contribution in [2.24, 2.45) is 5.92 Å². The van der Waals surface area contributed by atoms with Crippen LogP contribution in [-0.2, 0) is 14.8 Å². The Hall–Kier alpha value is -3.04. The molecule has 0 unspecified atom stereocenters. The van der Waals surface area contributed by atoms with Gasteiger partial charge in [-0.2, -0.15) is 4.31 Å². The summed E-state index contributed by atoms with van der Waals surface area (Å²) in [7, 11) is -0.667. The maximum absolute atomic E-state index is 12.9. The fourth-order valence-electron chi connectivity index (χ4n) is 3.17. The fourth-order valence-corrected chi connectivity index (χ4v) is 4.65. The molecule has 0 spiro atoms. The second-order valence-electron chi connectivity index (χ2n) is 7.89. The number of hydrogen-bond donors (Lipinski definition) is 1. The Balaban J connectivity index is 2.22. The molecule has 0 radical (unpaired) electrons. The van der Waals surface area contributed by atoms with Gasteiger partial charge in [0.15, 0.2) is 11.5 Å². The predicted octanol–water partition coefficient (Wildman–Crippen LogP) is 4.42. The van der Waals surface area contributed by atoms with E-state index in [9.17, 15) is 13.2 Å². The first kappa shape index (κ1) is 27.2. The smallest absolute Gasteiger partial charge is 0.248 e. The Morgan fingerprint density at radius 3 is 2.24 bits per heavy atom. The number of carbonyl (C=O) groups is 1. The first-order chi connectivity index (χ1) is 16.2. The van der Waals surface area contributed by atoms with Crippen LogP contribution in [0.25, 0.3) is 6.08 Å². The maximum atomic E-state index is 12.9. The molecule has 1 amide bonds. The van der Waals surface area contributed by atoms with Crippen LogP contribution in [0.3, 0.4) is 0 Å². The van der Waals surface area contributed by atoms with Gasteiger partial charge in [-0.3, -0.25) is 4.79 Å². The van der Waals surface area contributed by atoms with Crippen molar-refractivity contribution >= 4 is 27.7 Å². The summed E-state index contributed by atoms with van der Waals surface area (Å²) in [5.74, 6) is 1.50. The van der Waals surface area contributed by atoms with E-state index in [1.165, 1.54) is 35.7 Å². The number of nitrogens with one attached hydrogen (secondary N) is 1. The van der Waals surface area contributed by atoms with Crippen molar-refractivity contribution in [2.45, 2.75) is 32.6 Å². The van der Waals surface area contributed by atoms with Crippen molar-refractivity contribution in [2.75, 3.05) is 39.2 Å². The Morgan fingerprint density at radius 1 is 1.00 bits per heavy atom. The molecule has 2 rings (SSSR count). The first-order valence-electron chi connectivity index (χ1n) is 11.1. The standard InChI is InChI=1S/C25H34N2O6S/c1-7-27(8-2)34(29,30)20-11-13-22(31-5)21(16-20)26-25(28)14-10-19-9-12-23(24(15-19)32-6)33-17-18(3)4/h9-16,18H,7-8,17H2,1-6H3,(H,26,28)/b14-10+. The molecular weight excluding hydrogens is 456 g/mol. The van der Waals surface area contributed by atoms with Crippen molar-refractivity contribution in [1.82, 2.24) is 4.31 Å². The number of hydrogen-bond acceptors (Lipinski definition) is 6. The van der Waals surface area contributed by atoms with Gasteiger partial charge < -0.3 is 19.5 Å². The summed E-state index contributed by atoms with van der Waals surface area (Å²) < 4.78 is 43.5. The zero-order valence-corrected chi connectivity index (χ0v) is 21.4. The topological polar surface area (TPSA) is 94.2 Å². The van der Waals surface area contributed by atoms with Crippen LogP contribution in [0, 0.1) is 5.92 Å². The van der Waals surface area contributed by atoms with Gasteiger partial charge >= 0.3 is 0 Å². The number of amides is 1. The summed E-state index contributed by atoms with van der Waals surface area (Å²) in [6.07, 6.45) is 2.99. The van der Waals surface area contributed by atoms with E-state index in [4.69, 9.17) is 14.2 Å². The van der Waals surface area contributed by atoms with Gasteiger partial charge in [0.2, 0.25) is 15.9 Å². The molecule has 2 aromatic rings. The van der Waals surface area contributed by atoms with E-state index >= 15 is 0 Å². The monoisotopic (exact) mass is 490 g/mol. The maximum Gasteiger partial charge on any atom is 0.248 e. The quantitative estimate of drug-likeness (QED) is 0.443. The van der Waals surface area contributed by atoms with E-state index in [-0.39, 0.29) is 10.6 Å². The molecule has 34 heavy (non-hydrogen) atoms. The molecule has 0 saturated heterocycles. The molecule has 0 bridgehead atoms. The van der Waals surface area contributed by atoms with E-state index in [1.54, 1.807) is 39.2 Å². The lowest BCUT2D eigenvalue weighted by atomic mass is 10.2. The third kappa shape index (κ3) is 6.98. The lowest BCUT2D eigenvalue weighted by Gasteiger charge is -2.19. The van der Waals surface area contributed by atoms with Gasteiger partial charge in [0.1, 0.15) is 5.75 Å². The van der Waals surface area contributed by atoms with E-state index in [0.29, 0.717) is 42.9 Å². The third-order valence-corrected chi connectivity index (χ3v) is 7.00. The van der Waals surface area contributed by atoms with Crippen molar-refractivity contribution in [3.63, 3.8) is 0 Å². The molecule has 0 fully saturated rings. The van der Waals surface area contributed by atoms with Gasteiger partial charge in [0.05, 0.1) is 31.4 Å². The van der Waals surface area contributed by atoms with E-state index in [2.05, 4.69) is 19.2 Å². The minimum Gasteiger partial charge on any atom is -0.495 e. The molecule has 1 N–H and O–H groups in total. The zero-order chi connectivity index (χ0) is 25.3. The summed E-state index contributed by atoms with van der Waals surface area (Å²) in [6, 6.07) is 9.78. The normalized spacial score (nSPS) is 11.8. The SMILES string of the molecule is CCN(CC)S(=O)(=O)c1ccc(OC)c(NC(=O)/C=C/c2ccc(OCC(C)C)c(OC)c2)c1. The lowest BCUT2D eigenvalue weighted by Crippen LogP contribution is -2.30. The summed E-state index contributed by atoms with van der Waals surface area (Å²) >= 11 is 0. The average molecular weight is 491 g/mol. The minimum absolute atomic E-state index is 0.0815. The second-order valence-corrected chi connectivity index (χ2v) is 9.83. The first-order valence-corrected chi connectivity index (χ1v) is 12.6.